The molecule has 0 aromatic carbocycles. The molecule has 1 fully saturated rings. The average Bonchev–Trinajstić information content (AvgIpc) is 2.80. The first kappa shape index (κ1) is 15.0. The van der Waals surface area contributed by atoms with Gasteiger partial charge in [0.05, 0.1) is 17.3 Å². The predicted molar refractivity (Wildman–Crippen MR) is 80.0 cm³/mol. The average molecular weight is 278 g/mol. The fourth-order valence-electron chi connectivity index (χ4n) is 2.73. The van der Waals surface area contributed by atoms with Crippen molar-refractivity contribution in [3.8, 4) is 0 Å². The van der Waals surface area contributed by atoms with Crippen LogP contribution in [0.1, 0.15) is 43.7 Å². The zero-order valence-corrected chi connectivity index (χ0v) is 13.3. The van der Waals surface area contributed by atoms with E-state index in [1.54, 1.807) is 6.20 Å². The van der Waals surface area contributed by atoms with Gasteiger partial charge in [-0.05, 0) is 34.2 Å². The van der Waals surface area contributed by atoms with Crippen molar-refractivity contribution < 1.29 is 4.79 Å². The van der Waals surface area contributed by atoms with Crippen LogP contribution in [0.15, 0.2) is 6.20 Å². The monoisotopic (exact) mass is 278 g/mol. The molecule has 5 heteroatoms. The Kier molecular flexibility index (Phi) is 4.18. The lowest BCUT2D eigenvalue weighted by molar-refractivity contribution is 0.0642. The Morgan fingerprint density at radius 1 is 1.25 bits per heavy atom. The molecule has 0 N–H and O–H groups in total. The van der Waals surface area contributed by atoms with E-state index >= 15 is 0 Å². The minimum atomic E-state index is -0.0937. The highest BCUT2D eigenvalue weighted by atomic mass is 16.2. The van der Waals surface area contributed by atoms with Gasteiger partial charge in [0.1, 0.15) is 0 Å². The van der Waals surface area contributed by atoms with Gasteiger partial charge >= 0.3 is 0 Å². The van der Waals surface area contributed by atoms with Gasteiger partial charge in [0.25, 0.3) is 5.91 Å². The van der Waals surface area contributed by atoms with E-state index in [1.165, 1.54) is 0 Å². The molecule has 0 spiro atoms. The van der Waals surface area contributed by atoms with Crippen molar-refractivity contribution in [3.05, 3.63) is 17.5 Å². The summed E-state index contributed by atoms with van der Waals surface area (Å²) in [6.07, 6.45) is 1.72. The summed E-state index contributed by atoms with van der Waals surface area (Å²) in [5.74, 6) is 0.119. The Bertz CT molecular complexity index is 479. The van der Waals surface area contributed by atoms with Crippen LogP contribution in [0, 0.1) is 6.92 Å². The van der Waals surface area contributed by atoms with Gasteiger partial charge in [-0.25, -0.2) is 0 Å². The summed E-state index contributed by atoms with van der Waals surface area (Å²) < 4.78 is 1.93. The standard InChI is InChI=1S/C15H26N4O/c1-6-17-7-9-18(10-8-17)14(20)13-11-16-19(12(13)2)15(3,4)5/h11H,6-10H2,1-5H3. The molecular formula is C15H26N4O. The van der Waals surface area contributed by atoms with Gasteiger partial charge in [-0.1, -0.05) is 6.92 Å². The normalized spacial score (nSPS) is 17.6. The van der Waals surface area contributed by atoms with Gasteiger partial charge in [0.15, 0.2) is 0 Å². The molecule has 1 amide bonds. The molecule has 0 unspecified atom stereocenters. The molecule has 5 nitrogen and oxygen atoms in total. The lowest BCUT2D eigenvalue weighted by atomic mass is 10.1. The second-order valence-corrected chi connectivity index (χ2v) is 6.45. The minimum Gasteiger partial charge on any atom is -0.336 e. The topological polar surface area (TPSA) is 41.4 Å². The van der Waals surface area contributed by atoms with Crippen LogP contribution >= 0.6 is 0 Å². The highest BCUT2D eigenvalue weighted by molar-refractivity contribution is 5.95. The zero-order valence-electron chi connectivity index (χ0n) is 13.3. The van der Waals surface area contributed by atoms with Crippen molar-refractivity contribution in [2.75, 3.05) is 32.7 Å². The lowest BCUT2D eigenvalue weighted by Gasteiger charge is -2.34. The first-order valence-corrected chi connectivity index (χ1v) is 7.41. The Balaban J connectivity index is 2.13. The molecule has 1 aromatic heterocycles. The molecule has 1 aromatic rings. The number of nitrogens with zero attached hydrogens (tertiary/aromatic N) is 4. The van der Waals surface area contributed by atoms with E-state index in [0.29, 0.717) is 0 Å². The van der Waals surface area contributed by atoms with Crippen molar-refractivity contribution in [3.63, 3.8) is 0 Å². The van der Waals surface area contributed by atoms with Gasteiger partial charge < -0.3 is 9.80 Å². The molecule has 112 valence electrons. The largest absolute Gasteiger partial charge is 0.336 e. The van der Waals surface area contributed by atoms with E-state index in [4.69, 9.17) is 0 Å². The van der Waals surface area contributed by atoms with Crippen molar-refractivity contribution in [1.82, 2.24) is 19.6 Å². The molecule has 0 aliphatic carbocycles. The summed E-state index contributed by atoms with van der Waals surface area (Å²) in [5, 5.41) is 4.39. The van der Waals surface area contributed by atoms with Gasteiger partial charge in [0, 0.05) is 31.9 Å². The summed E-state index contributed by atoms with van der Waals surface area (Å²) in [5.41, 5.74) is 1.61. The SMILES string of the molecule is CCN1CCN(C(=O)c2cnn(C(C)(C)C)c2C)CC1. The van der Waals surface area contributed by atoms with Gasteiger partial charge in [0.2, 0.25) is 0 Å². The van der Waals surface area contributed by atoms with Crippen LogP contribution < -0.4 is 0 Å². The van der Waals surface area contributed by atoms with Crippen LogP contribution in [0.25, 0.3) is 0 Å². The van der Waals surface area contributed by atoms with E-state index in [1.807, 2.05) is 16.5 Å². The van der Waals surface area contributed by atoms with Crippen molar-refractivity contribution in [2.24, 2.45) is 0 Å². The minimum absolute atomic E-state index is 0.0937. The van der Waals surface area contributed by atoms with E-state index in [2.05, 4.69) is 37.7 Å². The number of rotatable bonds is 2. The summed E-state index contributed by atoms with van der Waals surface area (Å²) in [6, 6.07) is 0. The van der Waals surface area contributed by atoms with Crippen LogP contribution in [0.3, 0.4) is 0 Å². The van der Waals surface area contributed by atoms with Crippen LogP contribution in [-0.4, -0.2) is 58.2 Å². The maximum Gasteiger partial charge on any atom is 0.257 e. The Hall–Kier alpha value is -1.36. The van der Waals surface area contributed by atoms with E-state index < -0.39 is 0 Å². The molecule has 2 rings (SSSR count). The van der Waals surface area contributed by atoms with Gasteiger partial charge in [-0.3, -0.25) is 9.48 Å². The van der Waals surface area contributed by atoms with Crippen LogP contribution in [0.5, 0.6) is 0 Å². The smallest absolute Gasteiger partial charge is 0.257 e. The second-order valence-electron chi connectivity index (χ2n) is 6.45. The summed E-state index contributed by atoms with van der Waals surface area (Å²) in [7, 11) is 0. The molecule has 1 aliphatic heterocycles. The third kappa shape index (κ3) is 2.87. The Morgan fingerprint density at radius 2 is 1.85 bits per heavy atom. The van der Waals surface area contributed by atoms with Crippen molar-refractivity contribution in [2.45, 2.75) is 40.2 Å². The highest BCUT2D eigenvalue weighted by Crippen LogP contribution is 2.19. The van der Waals surface area contributed by atoms with E-state index in [-0.39, 0.29) is 11.4 Å². The number of piperazine rings is 1. The lowest BCUT2D eigenvalue weighted by Crippen LogP contribution is -2.48. The fourth-order valence-corrected chi connectivity index (χ4v) is 2.73. The second kappa shape index (κ2) is 5.56. The van der Waals surface area contributed by atoms with Gasteiger partial charge in [-0.15, -0.1) is 0 Å². The third-order valence-corrected chi connectivity index (χ3v) is 3.98. The summed E-state index contributed by atoms with van der Waals surface area (Å²) >= 11 is 0. The molecule has 20 heavy (non-hydrogen) atoms. The van der Waals surface area contributed by atoms with E-state index in [9.17, 15) is 4.79 Å². The summed E-state index contributed by atoms with van der Waals surface area (Å²) in [6.45, 7) is 15.1. The molecular weight excluding hydrogens is 252 g/mol. The summed E-state index contributed by atoms with van der Waals surface area (Å²) in [4.78, 5) is 16.9. The number of likely N-dealkylation sites (N-methyl/N-ethyl adjacent to an activating group) is 1. The molecule has 0 bridgehead atoms. The van der Waals surface area contributed by atoms with Crippen molar-refractivity contribution in [1.29, 1.82) is 0 Å². The molecule has 1 saturated heterocycles. The van der Waals surface area contributed by atoms with Gasteiger partial charge in [-0.2, -0.15) is 5.10 Å². The van der Waals surface area contributed by atoms with Crippen LogP contribution in [0.2, 0.25) is 0 Å². The Labute approximate surface area is 121 Å². The first-order chi connectivity index (χ1) is 9.34. The maximum absolute atomic E-state index is 12.6. The molecule has 0 saturated carbocycles. The highest BCUT2D eigenvalue weighted by Gasteiger charge is 2.26. The van der Waals surface area contributed by atoms with Crippen molar-refractivity contribution >= 4 is 5.91 Å². The van der Waals surface area contributed by atoms with E-state index in [0.717, 1.165) is 44.0 Å². The molecule has 0 radical (unpaired) electrons. The molecule has 2 heterocycles. The number of carbonyl (C=O) groups is 1. The fraction of sp³-hybridized carbons (Fsp3) is 0.733. The maximum atomic E-state index is 12.6. The number of amides is 1. The predicted octanol–water partition coefficient (Wildman–Crippen LogP) is 1.72. The third-order valence-electron chi connectivity index (χ3n) is 3.98. The first-order valence-electron chi connectivity index (χ1n) is 7.41. The number of aromatic nitrogens is 2. The molecule has 1 aliphatic rings. The number of carbonyl (C=O) groups excluding carboxylic acids is 1. The zero-order chi connectivity index (χ0) is 14.9. The Morgan fingerprint density at radius 3 is 2.30 bits per heavy atom. The quantitative estimate of drug-likeness (QED) is 0.827. The number of hydrogen-bond donors (Lipinski definition) is 0. The van der Waals surface area contributed by atoms with Crippen LogP contribution in [0.4, 0.5) is 0 Å². The van der Waals surface area contributed by atoms with Crippen LogP contribution in [-0.2, 0) is 5.54 Å². The number of hydrogen-bond acceptors (Lipinski definition) is 3. The molecule has 0 atom stereocenters.